The van der Waals surface area contributed by atoms with Gasteiger partial charge in [-0.2, -0.15) is 0 Å². The first-order chi connectivity index (χ1) is 11.7. The third kappa shape index (κ3) is 4.00. The molecular weight excluding hydrogens is 320 g/mol. The topological polar surface area (TPSA) is 128 Å². The van der Waals surface area contributed by atoms with Crippen LogP contribution in [-0.4, -0.2) is 22.7 Å². The number of nitrogens with two attached hydrogens (primary N) is 2. The molecule has 3 amide bonds. The summed E-state index contributed by atoms with van der Waals surface area (Å²) in [4.78, 5) is 39.5. The Morgan fingerprint density at radius 1 is 1.24 bits per heavy atom. The summed E-state index contributed by atoms with van der Waals surface area (Å²) in [7, 11) is 0. The Morgan fingerprint density at radius 3 is 2.48 bits per heavy atom. The second-order valence-electron chi connectivity index (χ2n) is 6.07. The summed E-state index contributed by atoms with van der Waals surface area (Å²) >= 11 is 0. The van der Waals surface area contributed by atoms with E-state index in [9.17, 15) is 14.4 Å². The quantitative estimate of drug-likeness (QED) is 0.693. The number of pyridine rings is 1. The van der Waals surface area contributed by atoms with E-state index in [0.29, 0.717) is 17.0 Å². The predicted octanol–water partition coefficient (Wildman–Crippen LogP) is 1.08. The fourth-order valence-electron chi connectivity index (χ4n) is 2.58. The molecule has 130 valence electrons. The number of amides is 3. The van der Waals surface area contributed by atoms with Crippen LogP contribution >= 0.6 is 0 Å². The molecule has 0 saturated heterocycles. The van der Waals surface area contributed by atoms with Gasteiger partial charge in [0.15, 0.2) is 0 Å². The molecule has 0 spiro atoms. The summed E-state index contributed by atoms with van der Waals surface area (Å²) in [5.74, 6) is -1.16. The molecule has 1 aromatic heterocycles. The normalized spacial score (nSPS) is 18.9. The van der Waals surface area contributed by atoms with E-state index in [-0.39, 0.29) is 12.3 Å². The highest BCUT2D eigenvalue weighted by Crippen LogP contribution is 2.35. The molecule has 0 aromatic carbocycles. The van der Waals surface area contributed by atoms with Crippen molar-refractivity contribution in [3.8, 4) is 0 Å². The fourth-order valence-corrected chi connectivity index (χ4v) is 2.58. The molecule has 1 unspecified atom stereocenters. The van der Waals surface area contributed by atoms with Gasteiger partial charge in [-0.25, -0.2) is 4.98 Å². The van der Waals surface area contributed by atoms with Gasteiger partial charge in [-0.3, -0.25) is 14.4 Å². The lowest BCUT2D eigenvalue weighted by Crippen LogP contribution is -2.42. The fraction of sp³-hybridized carbons (Fsp3) is 0.222. The van der Waals surface area contributed by atoms with Gasteiger partial charge < -0.3 is 16.8 Å². The Bertz CT molecular complexity index is 802. The number of carbonyl (C=O) groups is 3. The zero-order valence-electron chi connectivity index (χ0n) is 14.1. The molecule has 25 heavy (non-hydrogen) atoms. The number of aromatic nitrogens is 1. The van der Waals surface area contributed by atoms with Crippen LogP contribution in [0.4, 0.5) is 5.82 Å². The molecule has 0 radical (unpaired) electrons. The lowest BCUT2D eigenvalue weighted by molar-refractivity contribution is -0.122. The van der Waals surface area contributed by atoms with Crippen LogP contribution < -0.4 is 16.8 Å². The minimum atomic E-state index is -1.20. The summed E-state index contributed by atoms with van der Waals surface area (Å²) in [6, 6.07) is 3.22. The molecule has 1 atom stereocenters. The summed E-state index contributed by atoms with van der Waals surface area (Å²) in [6.07, 6.45) is 7.74. The van der Waals surface area contributed by atoms with Crippen LogP contribution in [0.1, 0.15) is 25.8 Å². The van der Waals surface area contributed by atoms with Gasteiger partial charge in [0.1, 0.15) is 5.82 Å². The highest BCUT2D eigenvalue weighted by atomic mass is 16.2. The molecule has 0 aliphatic heterocycles. The summed E-state index contributed by atoms with van der Waals surface area (Å²) in [5.41, 5.74) is 11.4. The molecule has 1 aromatic rings. The number of nitrogens with zero attached hydrogens (tertiary/aromatic N) is 1. The van der Waals surface area contributed by atoms with Crippen LogP contribution in [0.2, 0.25) is 0 Å². The summed E-state index contributed by atoms with van der Waals surface area (Å²) in [6.45, 7) is 3.62. The number of hydrogen-bond donors (Lipinski definition) is 3. The first-order valence-electron chi connectivity index (χ1n) is 7.65. The lowest BCUT2D eigenvalue weighted by atomic mass is 9.73. The van der Waals surface area contributed by atoms with Crippen molar-refractivity contribution in [1.29, 1.82) is 0 Å². The first kappa shape index (κ1) is 18.1. The van der Waals surface area contributed by atoms with Gasteiger partial charge in [0.25, 0.3) is 0 Å². The SMILES string of the molecule is CC(C)=CC(=O)Nc1ccc(C2(C(N)=O)C=CC=C(C(N)=O)C2)cn1. The van der Waals surface area contributed by atoms with Crippen LogP contribution in [0.3, 0.4) is 0 Å². The molecule has 0 fully saturated rings. The van der Waals surface area contributed by atoms with E-state index >= 15 is 0 Å². The van der Waals surface area contributed by atoms with Gasteiger partial charge in [-0.05, 0) is 31.9 Å². The maximum absolute atomic E-state index is 12.1. The van der Waals surface area contributed by atoms with Crippen LogP contribution in [0.5, 0.6) is 0 Å². The molecule has 1 heterocycles. The smallest absolute Gasteiger partial charge is 0.249 e. The molecule has 2 rings (SSSR count). The van der Waals surface area contributed by atoms with Crippen LogP contribution in [0.15, 0.2) is 53.8 Å². The second-order valence-corrected chi connectivity index (χ2v) is 6.07. The van der Waals surface area contributed by atoms with Gasteiger partial charge in [0.05, 0.1) is 5.41 Å². The van der Waals surface area contributed by atoms with Crippen molar-refractivity contribution >= 4 is 23.5 Å². The highest BCUT2D eigenvalue weighted by molar-refractivity contribution is 5.99. The third-order valence-electron chi connectivity index (χ3n) is 3.85. The Balaban J connectivity index is 2.30. The number of primary amides is 2. The van der Waals surface area contributed by atoms with Crippen LogP contribution in [0, 0.1) is 0 Å². The van der Waals surface area contributed by atoms with Gasteiger partial charge in [0, 0.05) is 17.8 Å². The second kappa shape index (κ2) is 7.12. The van der Waals surface area contributed by atoms with Crippen LogP contribution in [-0.2, 0) is 19.8 Å². The Labute approximate surface area is 145 Å². The molecule has 1 aliphatic rings. The van der Waals surface area contributed by atoms with Crippen LogP contribution in [0.25, 0.3) is 0 Å². The third-order valence-corrected chi connectivity index (χ3v) is 3.85. The first-order valence-corrected chi connectivity index (χ1v) is 7.65. The van der Waals surface area contributed by atoms with Crippen molar-refractivity contribution < 1.29 is 14.4 Å². The van der Waals surface area contributed by atoms with Crippen molar-refractivity contribution in [2.45, 2.75) is 25.7 Å². The van der Waals surface area contributed by atoms with E-state index in [0.717, 1.165) is 5.57 Å². The average molecular weight is 340 g/mol. The van der Waals surface area contributed by atoms with E-state index in [2.05, 4.69) is 10.3 Å². The Kier molecular flexibility index (Phi) is 5.17. The van der Waals surface area contributed by atoms with Crippen molar-refractivity contribution in [2.24, 2.45) is 11.5 Å². The van der Waals surface area contributed by atoms with E-state index in [1.165, 1.54) is 12.3 Å². The molecule has 5 N–H and O–H groups in total. The standard InChI is InChI=1S/C18H20N4O3/c1-11(2)8-15(23)22-14-6-5-13(10-21-14)18(17(20)25)7-3-4-12(9-18)16(19)24/h3-8,10H,9H2,1-2H3,(H2,19,24)(H2,20,25)(H,21,22,23). The number of hydrogen-bond acceptors (Lipinski definition) is 4. The number of anilines is 1. The van der Waals surface area contributed by atoms with Gasteiger partial charge in [-0.15, -0.1) is 0 Å². The average Bonchev–Trinajstić information content (AvgIpc) is 2.54. The maximum atomic E-state index is 12.1. The molecule has 0 bridgehead atoms. The summed E-state index contributed by atoms with van der Waals surface area (Å²) in [5, 5.41) is 2.63. The van der Waals surface area contributed by atoms with E-state index in [4.69, 9.17) is 11.5 Å². The van der Waals surface area contributed by atoms with Crippen molar-refractivity contribution in [3.05, 3.63) is 59.3 Å². The molecule has 7 nitrogen and oxygen atoms in total. The van der Waals surface area contributed by atoms with Crippen molar-refractivity contribution in [3.63, 3.8) is 0 Å². The largest absolute Gasteiger partial charge is 0.369 e. The van der Waals surface area contributed by atoms with Gasteiger partial charge >= 0.3 is 0 Å². The maximum Gasteiger partial charge on any atom is 0.249 e. The van der Waals surface area contributed by atoms with E-state index < -0.39 is 17.2 Å². The molecule has 0 saturated carbocycles. The number of carbonyl (C=O) groups excluding carboxylic acids is 3. The minimum Gasteiger partial charge on any atom is -0.369 e. The number of allylic oxidation sites excluding steroid dienone is 3. The predicted molar refractivity (Wildman–Crippen MR) is 94.2 cm³/mol. The number of rotatable bonds is 5. The van der Waals surface area contributed by atoms with Gasteiger partial charge in [-0.1, -0.05) is 29.9 Å². The monoisotopic (exact) mass is 340 g/mol. The zero-order chi connectivity index (χ0) is 18.6. The highest BCUT2D eigenvalue weighted by Gasteiger charge is 2.39. The number of nitrogens with one attached hydrogen (secondary N) is 1. The molecule has 1 aliphatic carbocycles. The Morgan fingerprint density at radius 2 is 1.96 bits per heavy atom. The lowest BCUT2D eigenvalue weighted by Gasteiger charge is -2.30. The molecule has 7 heteroatoms. The molecular formula is C18H20N4O3. The van der Waals surface area contributed by atoms with Crippen molar-refractivity contribution in [2.75, 3.05) is 5.32 Å². The zero-order valence-corrected chi connectivity index (χ0v) is 14.1. The van der Waals surface area contributed by atoms with E-state index in [1.54, 1.807) is 30.4 Å². The van der Waals surface area contributed by atoms with Crippen molar-refractivity contribution in [1.82, 2.24) is 4.98 Å². The van der Waals surface area contributed by atoms with Gasteiger partial charge in [0.2, 0.25) is 17.7 Å². The minimum absolute atomic E-state index is 0.0688. The van der Waals surface area contributed by atoms with E-state index in [1.807, 2.05) is 13.8 Å². The Hall–Kier alpha value is -3.22. The summed E-state index contributed by atoms with van der Waals surface area (Å²) < 4.78 is 0.